The molecule has 2 aromatic rings. The second kappa shape index (κ2) is 4.62. The summed E-state index contributed by atoms with van der Waals surface area (Å²) in [6.45, 7) is 1.63. The quantitative estimate of drug-likeness (QED) is 0.675. The first-order valence-corrected chi connectivity index (χ1v) is 6.01. The third kappa shape index (κ3) is 1.75. The number of aromatic nitrogens is 4. The molecule has 1 unspecified atom stereocenters. The van der Waals surface area contributed by atoms with Crippen molar-refractivity contribution in [3.05, 3.63) is 26.7 Å². The van der Waals surface area contributed by atoms with Gasteiger partial charge in [-0.25, -0.2) is 9.78 Å². The molecule has 0 spiro atoms. The molecule has 20 heavy (non-hydrogen) atoms. The largest absolute Gasteiger partial charge is 0.468 e. The van der Waals surface area contributed by atoms with E-state index in [1.807, 2.05) is 0 Å². The van der Waals surface area contributed by atoms with Crippen LogP contribution in [-0.4, -0.2) is 31.8 Å². The summed E-state index contributed by atoms with van der Waals surface area (Å²) >= 11 is 0. The summed E-state index contributed by atoms with van der Waals surface area (Å²) in [5.74, 6) is -0.701. The van der Waals surface area contributed by atoms with Gasteiger partial charge in [-0.1, -0.05) is 0 Å². The molecule has 0 fully saturated rings. The van der Waals surface area contributed by atoms with E-state index in [1.165, 1.54) is 30.3 Å². The number of hydrogen-bond acceptors (Lipinski definition) is 5. The second-order valence-corrected chi connectivity index (χ2v) is 4.65. The average Bonchev–Trinajstić information content (AvgIpc) is 2.78. The van der Waals surface area contributed by atoms with Crippen LogP contribution in [0.1, 0.15) is 18.7 Å². The molecule has 0 N–H and O–H groups in total. The van der Waals surface area contributed by atoms with Crippen molar-refractivity contribution in [2.75, 3.05) is 7.11 Å². The number of imidazole rings is 1. The van der Waals surface area contributed by atoms with E-state index in [0.717, 1.165) is 4.57 Å². The summed E-state index contributed by atoms with van der Waals surface area (Å²) in [7, 11) is 5.86. The van der Waals surface area contributed by atoms with Gasteiger partial charge in [0.2, 0.25) is 0 Å². The van der Waals surface area contributed by atoms with Crippen LogP contribution in [-0.2, 0) is 30.7 Å². The smallest absolute Gasteiger partial charge is 0.332 e. The van der Waals surface area contributed by atoms with Gasteiger partial charge in [0, 0.05) is 21.1 Å². The lowest BCUT2D eigenvalue weighted by Crippen LogP contribution is -2.37. The monoisotopic (exact) mass is 280 g/mol. The zero-order chi connectivity index (χ0) is 15.2. The average molecular weight is 280 g/mol. The summed E-state index contributed by atoms with van der Waals surface area (Å²) in [5, 5.41) is 0. The Balaban J connectivity index is 2.87. The van der Waals surface area contributed by atoms with Crippen LogP contribution in [0, 0.1) is 0 Å². The molecule has 8 nitrogen and oxygen atoms in total. The van der Waals surface area contributed by atoms with Crippen LogP contribution in [0.4, 0.5) is 0 Å². The standard InChI is InChI=1S/C12H16N4O4/c1-6(11(18)20-5)8-13-9-7(14(8)2)10(17)16(4)12(19)15(9)3/h6H,1-5H3. The Morgan fingerprint density at radius 2 is 1.75 bits per heavy atom. The van der Waals surface area contributed by atoms with Crippen LogP contribution >= 0.6 is 0 Å². The van der Waals surface area contributed by atoms with Crippen molar-refractivity contribution in [2.24, 2.45) is 21.1 Å². The molecule has 2 aromatic heterocycles. The van der Waals surface area contributed by atoms with Crippen molar-refractivity contribution in [1.29, 1.82) is 0 Å². The first kappa shape index (κ1) is 14.0. The first-order valence-electron chi connectivity index (χ1n) is 6.01. The topological polar surface area (TPSA) is 88.1 Å². The lowest BCUT2D eigenvalue weighted by Gasteiger charge is -2.08. The molecule has 0 saturated carbocycles. The molecule has 1 atom stereocenters. The van der Waals surface area contributed by atoms with Crippen molar-refractivity contribution < 1.29 is 9.53 Å². The van der Waals surface area contributed by atoms with Crippen LogP contribution < -0.4 is 11.2 Å². The summed E-state index contributed by atoms with van der Waals surface area (Å²) in [6, 6.07) is 0. The summed E-state index contributed by atoms with van der Waals surface area (Å²) < 4.78 is 8.50. The number of ether oxygens (including phenoxy) is 1. The minimum absolute atomic E-state index is 0.256. The van der Waals surface area contributed by atoms with E-state index in [2.05, 4.69) is 9.72 Å². The molecular formula is C12H16N4O4. The van der Waals surface area contributed by atoms with Crippen LogP contribution in [0.5, 0.6) is 0 Å². The number of fused-ring (bicyclic) bond motifs is 1. The van der Waals surface area contributed by atoms with Gasteiger partial charge >= 0.3 is 11.7 Å². The Bertz CT molecular complexity index is 811. The fraction of sp³-hybridized carbons (Fsp3) is 0.500. The van der Waals surface area contributed by atoms with E-state index in [4.69, 9.17) is 0 Å². The van der Waals surface area contributed by atoms with Crippen molar-refractivity contribution in [1.82, 2.24) is 18.7 Å². The molecule has 0 bridgehead atoms. The van der Waals surface area contributed by atoms with Crippen LogP contribution in [0.2, 0.25) is 0 Å². The van der Waals surface area contributed by atoms with E-state index in [1.54, 1.807) is 14.0 Å². The van der Waals surface area contributed by atoms with Gasteiger partial charge in [-0.05, 0) is 6.92 Å². The highest BCUT2D eigenvalue weighted by molar-refractivity contribution is 5.79. The van der Waals surface area contributed by atoms with Crippen LogP contribution in [0.3, 0.4) is 0 Å². The number of nitrogens with zero attached hydrogens (tertiary/aromatic N) is 4. The highest BCUT2D eigenvalue weighted by atomic mass is 16.5. The van der Waals surface area contributed by atoms with E-state index in [-0.39, 0.29) is 11.2 Å². The minimum atomic E-state index is -0.628. The molecule has 0 aromatic carbocycles. The lowest BCUT2D eigenvalue weighted by atomic mass is 10.2. The molecule has 0 aliphatic rings. The highest BCUT2D eigenvalue weighted by Crippen LogP contribution is 2.18. The Hall–Kier alpha value is -2.38. The van der Waals surface area contributed by atoms with Crippen LogP contribution in [0.25, 0.3) is 11.2 Å². The lowest BCUT2D eigenvalue weighted by molar-refractivity contribution is -0.142. The maximum absolute atomic E-state index is 12.2. The van der Waals surface area contributed by atoms with Crippen molar-refractivity contribution >= 4 is 17.1 Å². The van der Waals surface area contributed by atoms with E-state index >= 15 is 0 Å². The zero-order valence-corrected chi connectivity index (χ0v) is 12.0. The number of aryl methyl sites for hydroxylation is 2. The van der Waals surface area contributed by atoms with Gasteiger partial charge in [-0.2, -0.15) is 0 Å². The second-order valence-electron chi connectivity index (χ2n) is 4.65. The fourth-order valence-electron chi connectivity index (χ4n) is 2.20. The molecule has 0 aliphatic carbocycles. The predicted octanol–water partition coefficient (Wildman–Crippen LogP) is -0.753. The third-order valence-corrected chi connectivity index (χ3v) is 3.45. The Kier molecular flexibility index (Phi) is 3.24. The van der Waals surface area contributed by atoms with Gasteiger partial charge in [0.1, 0.15) is 11.7 Å². The third-order valence-electron chi connectivity index (χ3n) is 3.45. The van der Waals surface area contributed by atoms with Gasteiger partial charge in [-0.3, -0.25) is 18.7 Å². The van der Waals surface area contributed by atoms with Gasteiger partial charge in [0.05, 0.1) is 7.11 Å². The Morgan fingerprint density at radius 3 is 2.30 bits per heavy atom. The molecule has 0 saturated heterocycles. The molecule has 8 heteroatoms. The summed E-state index contributed by atoms with van der Waals surface area (Å²) in [6.07, 6.45) is 0. The van der Waals surface area contributed by atoms with Gasteiger partial charge in [0.15, 0.2) is 11.2 Å². The molecule has 2 heterocycles. The Morgan fingerprint density at radius 1 is 1.15 bits per heavy atom. The van der Waals surface area contributed by atoms with E-state index in [0.29, 0.717) is 5.82 Å². The molecular weight excluding hydrogens is 264 g/mol. The van der Waals surface area contributed by atoms with Gasteiger partial charge < -0.3 is 9.30 Å². The molecule has 0 aliphatic heterocycles. The molecule has 0 radical (unpaired) electrons. The number of hydrogen-bond donors (Lipinski definition) is 0. The number of carbonyl (C=O) groups excluding carboxylic acids is 1. The maximum Gasteiger partial charge on any atom is 0.332 e. The van der Waals surface area contributed by atoms with Gasteiger partial charge in [0.25, 0.3) is 5.56 Å². The highest BCUT2D eigenvalue weighted by Gasteiger charge is 2.24. The van der Waals surface area contributed by atoms with Crippen molar-refractivity contribution in [3.8, 4) is 0 Å². The Labute approximate surface area is 114 Å². The molecule has 2 rings (SSSR count). The minimum Gasteiger partial charge on any atom is -0.468 e. The number of methoxy groups -OCH3 is 1. The van der Waals surface area contributed by atoms with Crippen molar-refractivity contribution in [2.45, 2.75) is 12.8 Å². The first-order chi connectivity index (χ1) is 9.31. The normalized spacial score (nSPS) is 12.7. The SMILES string of the molecule is COC(=O)C(C)c1nc2c(c(=O)n(C)c(=O)n2C)n1C. The van der Waals surface area contributed by atoms with Crippen molar-refractivity contribution in [3.63, 3.8) is 0 Å². The summed E-state index contributed by atoms with van der Waals surface area (Å²) in [4.78, 5) is 39.9. The predicted molar refractivity (Wildman–Crippen MR) is 71.6 cm³/mol. The number of carbonyl (C=O) groups is 1. The summed E-state index contributed by atoms with van der Waals surface area (Å²) in [5.41, 5.74) is -0.369. The number of rotatable bonds is 2. The number of esters is 1. The van der Waals surface area contributed by atoms with E-state index < -0.39 is 23.1 Å². The fourth-order valence-corrected chi connectivity index (χ4v) is 2.20. The van der Waals surface area contributed by atoms with E-state index in [9.17, 15) is 14.4 Å². The van der Waals surface area contributed by atoms with Gasteiger partial charge in [-0.15, -0.1) is 0 Å². The maximum atomic E-state index is 12.2. The molecule has 0 amide bonds. The zero-order valence-electron chi connectivity index (χ0n) is 12.0. The molecule has 108 valence electrons. The van der Waals surface area contributed by atoms with Crippen LogP contribution in [0.15, 0.2) is 9.59 Å².